The van der Waals surface area contributed by atoms with Crippen molar-refractivity contribution in [2.24, 2.45) is 0 Å². The molecule has 2 fully saturated rings. The van der Waals surface area contributed by atoms with Gasteiger partial charge in [-0.05, 0) is 55.0 Å². The summed E-state index contributed by atoms with van der Waals surface area (Å²) in [4.78, 5) is 11.8. The van der Waals surface area contributed by atoms with Crippen molar-refractivity contribution in [2.45, 2.75) is 55.5 Å². The van der Waals surface area contributed by atoms with Gasteiger partial charge in [0.25, 0.3) is 0 Å². The molecule has 0 bridgehead atoms. The van der Waals surface area contributed by atoms with Crippen LogP contribution in [0.15, 0.2) is 48.5 Å². The number of ether oxygens (including phenoxy) is 1. The number of hydrogen-bond donors (Lipinski definition) is 2. The van der Waals surface area contributed by atoms with E-state index >= 15 is 0 Å². The third-order valence-corrected chi connectivity index (χ3v) is 6.89. The largest absolute Gasteiger partial charge is 0.416 e. The van der Waals surface area contributed by atoms with Crippen molar-refractivity contribution >= 4 is 5.91 Å². The van der Waals surface area contributed by atoms with Crippen molar-refractivity contribution < 1.29 is 35.9 Å². The van der Waals surface area contributed by atoms with Crippen molar-refractivity contribution in [2.75, 3.05) is 19.8 Å². The van der Waals surface area contributed by atoms with Gasteiger partial charge in [0.1, 0.15) is 0 Å². The molecule has 190 valence electrons. The van der Waals surface area contributed by atoms with Crippen LogP contribution in [0.2, 0.25) is 0 Å². The van der Waals surface area contributed by atoms with Crippen LogP contribution < -0.4 is 10.6 Å². The molecule has 2 aromatic rings. The number of hydrogen-bond acceptors (Lipinski definition) is 3. The van der Waals surface area contributed by atoms with Gasteiger partial charge in [-0.2, -0.15) is 26.3 Å². The molecule has 2 atom stereocenters. The summed E-state index contributed by atoms with van der Waals surface area (Å²) in [5, 5.41) is 6.58. The van der Waals surface area contributed by atoms with Gasteiger partial charge in [0, 0.05) is 13.0 Å². The zero-order chi connectivity index (χ0) is 25.3. The van der Waals surface area contributed by atoms with Gasteiger partial charge >= 0.3 is 12.4 Å². The molecule has 1 amide bonds. The lowest BCUT2D eigenvalue weighted by Gasteiger charge is -2.46. The third kappa shape index (κ3) is 5.81. The van der Waals surface area contributed by atoms with Crippen LogP contribution in [-0.2, 0) is 33.8 Å². The number of nitrogens with one attached hydrogen (secondary N) is 2. The summed E-state index contributed by atoms with van der Waals surface area (Å²) in [5.74, 6) is 0.0228. The number of alkyl halides is 6. The smallest absolute Gasteiger partial charge is 0.379 e. The highest BCUT2D eigenvalue weighted by Crippen LogP contribution is 2.39. The summed E-state index contributed by atoms with van der Waals surface area (Å²) in [5.41, 5.74) is -2.67. The summed E-state index contributed by atoms with van der Waals surface area (Å²) in [6.07, 6.45) is -7.27. The second-order valence-corrected chi connectivity index (χ2v) is 9.35. The second kappa shape index (κ2) is 9.46. The maximum atomic E-state index is 13.1. The maximum absolute atomic E-state index is 13.1. The van der Waals surface area contributed by atoms with Crippen molar-refractivity contribution in [3.63, 3.8) is 0 Å². The van der Waals surface area contributed by atoms with Gasteiger partial charge in [-0.3, -0.25) is 4.79 Å². The lowest BCUT2D eigenvalue weighted by atomic mass is 9.76. The average Bonchev–Trinajstić information content (AvgIpc) is 3.17. The quantitative estimate of drug-likeness (QED) is 0.423. The molecule has 0 aromatic heterocycles. The first-order chi connectivity index (χ1) is 16.4. The molecule has 0 aliphatic carbocycles. The molecule has 2 aliphatic rings. The van der Waals surface area contributed by atoms with Crippen molar-refractivity contribution in [3.05, 3.63) is 70.8 Å². The van der Waals surface area contributed by atoms with Gasteiger partial charge < -0.3 is 15.4 Å². The van der Waals surface area contributed by atoms with E-state index in [0.29, 0.717) is 19.4 Å². The topological polar surface area (TPSA) is 50.4 Å². The molecule has 35 heavy (non-hydrogen) atoms. The number of carbonyl (C=O) groups is 1. The minimum atomic E-state index is -4.88. The van der Waals surface area contributed by atoms with Crippen LogP contribution in [0.25, 0.3) is 0 Å². The fraction of sp³-hybridized carbons (Fsp3) is 0.480. The second-order valence-electron chi connectivity index (χ2n) is 9.35. The average molecular weight is 500 g/mol. The minimum Gasteiger partial charge on any atom is -0.379 e. The van der Waals surface area contributed by atoms with Crippen molar-refractivity contribution in [1.82, 2.24) is 10.6 Å². The Morgan fingerprint density at radius 1 is 0.886 bits per heavy atom. The molecule has 0 saturated carbocycles. The Hall–Kier alpha value is -2.59. The normalized spacial score (nSPS) is 25.1. The predicted molar refractivity (Wildman–Crippen MR) is 116 cm³/mol. The summed E-state index contributed by atoms with van der Waals surface area (Å²) < 4.78 is 84.6. The zero-order valence-corrected chi connectivity index (χ0v) is 18.9. The third-order valence-electron chi connectivity index (χ3n) is 6.89. The van der Waals surface area contributed by atoms with Gasteiger partial charge in [0.2, 0.25) is 5.91 Å². The highest BCUT2D eigenvalue weighted by atomic mass is 19.4. The zero-order valence-electron chi connectivity index (χ0n) is 18.9. The molecule has 4 nitrogen and oxygen atoms in total. The lowest BCUT2D eigenvalue weighted by molar-refractivity contribution is -0.143. The SMILES string of the molecule is O=C1CCC2(CCC(COCCc3cc(C(F)(F)F)cc(C(F)(F)F)c3)(c3ccccc3)NC2)N1. The summed E-state index contributed by atoms with van der Waals surface area (Å²) in [7, 11) is 0. The molecule has 4 rings (SSSR count). The van der Waals surface area contributed by atoms with Gasteiger partial charge in [-0.1, -0.05) is 30.3 Å². The van der Waals surface area contributed by atoms with Crippen molar-refractivity contribution in [1.29, 1.82) is 0 Å². The highest BCUT2D eigenvalue weighted by Gasteiger charge is 2.46. The van der Waals surface area contributed by atoms with Crippen LogP contribution in [0.1, 0.15) is 47.9 Å². The Balaban J connectivity index is 1.45. The molecule has 2 aromatic carbocycles. The summed E-state index contributed by atoms with van der Waals surface area (Å²) in [6, 6.07) is 11.1. The molecule has 10 heteroatoms. The molecule has 1 spiro atoms. The van der Waals surface area contributed by atoms with Crippen LogP contribution in [0.3, 0.4) is 0 Å². The fourth-order valence-corrected chi connectivity index (χ4v) is 4.87. The van der Waals surface area contributed by atoms with Crippen molar-refractivity contribution in [3.8, 4) is 0 Å². The molecular weight excluding hydrogens is 474 g/mol. The van der Waals surface area contributed by atoms with Crippen LogP contribution in [0.5, 0.6) is 0 Å². The summed E-state index contributed by atoms with van der Waals surface area (Å²) >= 11 is 0. The molecule has 2 N–H and O–H groups in total. The van der Waals surface area contributed by atoms with E-state index in [1.54, 1.807) is 0 Å². The molecular formula is C25H26F6N2O2. The number of halogens is 6. The van der Waals surface area contributed by atoms with E-state index < -0.39 is 29.0 Å². The number of benzene rings is 2. The van der Waals surface area contributed by atoms with E-state index in [-0.39, 0.29) is 42.7 Å². The van der Waals surface area contributed by atoms with Gasteiger partial charge in [-0.15, -0.1) is 0 Å². The van der Waals surface area contributed by atoms with Crippen LogP contribution in [-0.4, -0.2) is 31.2 Å². The van der Waals surface area contributed by atoms with Crippen LogP contribution >= 0.6 is 0 Å². The Kier molecular flexibility index (Phi) is 6.89. The Labute approximate surface area is 199 Å². The van der Waals surface area contributed by atoms with E-state index in [1.807, 2.05) is 30.3 Å². The maximum Gasteiger partial charge on any atom is 0.416 e. The molecule has 2 heterocycles. The monoisotopic (exact) mass is 500 g/mol. The fourth-order valence-electron chi connectivity index (χ4n) is 4.87. The first-order valence-corrected chi connectivity index (χ1v) is 11.4. The lowest BCUT2D eigenvalue weighted by Crippen LogP contribution is -2.61. The first-order valence-electron chi connectivity index (χ1n) is 11.4. The Morgan fingerprint density at radius 3 is 2.06 bits per heavy atom. The Morgan fingerprint density at radius 2 is 1.54 bits per heavy atom. The van der Waals surface area contributed by atoms with E-state index in [2.05, 4.69) is 10.6 Å². The van der Waals surface area contributed by atoms with E-state index in [0.717, 1.165) is 30.5 Å². The molecule has 2 unspecified atom stereocenters. The van der Waals surface area contributed by atoms with Crippen LogP contribution in [0.4, 0.5) is 26.3 Å². The standard InChI is InChI=1S/C25H26F6N2O2/c26-24(27,28)19-12-17(13-20(14-19)25(29,30)31)7-11-35-16-23(18-4-2-1-3-5-18)10-9-22(15-32-23)8-6-21(34)33-22/h1-5,12-14,32H,6-11,15-16H2,(H,33,34). The van der Waals surface area contributed by atoms with Gasteiger partial charge in [0.05, 0.1) is 35.4 Å². The predicted octanol–water partition coefficient (Wildman–Crippen LogP) is 5.21. The summed E-state index contributed by atoms with van der Waals surface area (Å²) in [6.45, 7) is 0.683. The number of amides is 1. The Bertz CT molecular complexity index is 1010. The molecule has 2 aliphatic heterocycles. The van der Waals surface area contributed by atoms with Gasteiger partial charge in [0.15, 0.2) is 0 Å². The van der Waals surface area contributed by atoms with E-state index in [4.69, 9.17) is 4.74 Å². The van der Waals surface area contributed by atoms with Gasteiger partial charge in [-0.25, -0.2) is 0 Å². The minimum absolute atomic E-state index is 0.0228. The first kappa shape index (κ1) is 25.5. The van der Waals surface area contributed by atoms with E-state index in [9.17, 15) is 31.1 Å². The number of piperidine rings is 1. The number of carbonyl (C=O) groups excluding carboxylic acids is 1. The highest BCUT2D eigenvalue weighted by molar-refractivity contribution is 5.79. The van der Waals surface area contributed by atoms with E-state index in [1.165, 1.54) is 0 Å². The molecule has 0 radical (unpaired) electrons. The number of rotatable bonds is 6. The van der Waals surface area contributed by atoms with Crippen LogP contribution in [0, 0.1) is 0 Å². The molecule has 2 saturated heterocycles.